The van der Waals surface area contributed by atoms with Crippen molar-refractivity contribution in [2.75, 3.05) is 13.1 Å². The number of hydrogen-bond donors (Lipinski definition) is 1. The number of amides is 2. The molecule has 1 unspecified atom stereocenters. The number of nitrogens with one attached hydrogen (secondary N) is 1. The molecule has 5 heteroatoms. The van der Waals surface area contributed by atoms with Gasteiger partial charge in [-0.3, -0.25) is 9.69 Å². The molecule has 0 spiro atoms. The van der Waals surface area contributed by atoms with E-state index in [0.29, 0.717) is 13.1 Å². The summed E-state index contributed by atoms with van der Waals surface area (Å²) in [6.45, 7) is 9.14. The summed E-state index contributed by atoms with van der Waals surface area (Å²) in [5, 5.41) is 3.03. The van der Waals surface area contributed by atoms with Crippen LogP contribution in [0.3, 0.4) is 0 Å². The molecule has 1 rings (SSSR count). The van der Waals surface area contributed by atoms with E-state index >= 15 is 0 Å². The van der Waals surface area contributed by atoms with Crippen LogP contribution in [0.1, 0.15) is 130 Å². The van der Waals surface area contributed by atoms with Crippen LogP contribution in [0.5, 0.6) is 0 Å². The highest BCUT2D eigenvalue weighted by atomic mass is 16.6. The van der Waals surface area contributed by atoms with E-state index in [0.717, 1.165) is 25.7 Å². The molecule has 1 fully saturated rings. The Morgan fingerprint density at radius 2 is 1.32 bits per heavy atom. The average molecular weight is 439 g/mol. The SMILES string of the molecule is CCCCCCCCCCCCCCCCNC(=O)C1CCCN1C(=O)OC(C)(C)C. The molecule has 0 bridgehead atoms. The fourth-order valence-corrected chi connectivity index (χ4v) is 4.23. The summed E-state index contributed by atoms with van der Waals surface area (Å²) in [7, 11) is 0. The van der Waals surface area contributed by atoms with Gasteiger partial charge in [-0.05, 0) is 40.0 Å². The van der Waals surface area contributed by atoms with Gasteiger partial charge >= 0.3 is 6.09 Å². The predicted octanol–water partition coefficient (Wildman–Crippen LogP) is 6.98. The van der Waals surface area contributed by atoms with Crippen molar-refractivity contribution in [3.8, 4) is 0 Å². The monoisotopic (exact) mass is 438 g/mol. The molecule has 1 N–H and O–H groups in total. The van der Waals surface area contributed by atoms with Crippen LogP contribution >= 0.6 is 0 Å². The highest BCUT2D eigenvalue weighted by Crippen LogP contribution is 2.21. The van der Waals surface area contributed by atoms with Gasteiger partial charge in [-0.1, -0.05) is 90.4 Å². The normalized spacial score (nSPS) is 16.5. The first-order chi connectivity index (χ1) is 14.8. The molecule has 1 aliphatic heterocycles. The molecule has 0 saturated carbocycles. The van der Waals surface area contributed by atoms with Crippen molar-refractivity contribution in [1.82, 2.24) is 10.2 Å². The average Bonchev–Trinajstić information content (AvgIpc) is 3.20. The lowest BCUT2D eigenvalue weighted by Gasteiger charge is -2.28. The third-order valence-corrected chi connectivity index (χ3v) is 6.01. The zero-order valence-corrected chi connectivity index (χ0v) is 21.0. The Bertz CT molecular complexity index is 488. The fraction of sp³-hybridized carbons (Fsp3) is 0.923. The van der Waals surface area contributed by atoms with E-state index in [4.69, 9.17) is 4.74 Å². The summed E-state index contributed by atoms with van der Waals surface area (Å²) >= 11 is 0. The lowest BCUT2D eigenvalue weighted by atomic mass is 10.0. The van der Waals surface area contributed by atoms with Crippen molar-refractivity contribution in [2.45, 2.75) is 142 Å². The van der Waals surface area contributed by atoms with Crippen molar-refractivity contribution in [1.29, 1.82) is 0 Å². The number of nitrogens with zero attached hydrogens (tertiary/aromatic N) is 1. The first-order valence-electron chi connectivity index (χ1n) is 13.1. The summed E-state index contributed by atoms with van der Waals surface area (Å²) in [5.41, 5.74) is -0.533. The maximum atomic E-state index is 12.5. The zero-order chi connectivity index (χ0) is 23.0. The Balaban J connectivity index is 1.98. The zero-order valence-electron chi connectivity index (χ0n) is 21.0. The maximum absolute atomic E-state index is 12.5. The number of likely N-dealkylation sites (tertiary alicyclic amines) is 1. The second-order valence-corrected chi connectivity index (χ2v) is 10.2. The molecule has 0 aromatic carbocycles. The Morgan fingerprint density at radius 1 is 0.839 bits per heavy atom. The van der Waals surface area contributed by atoms with Gasteiger partial charge in [0.25, 0.3) is 0 Å². The Labute approximate surface area is 192 Å². The van der Waals surface area contributed by atoms with Crippen LogP contribution in [0.4, 0.5) is 4.79 Å². The van der Waals surface area contributed by atoms with E-state index in [-0.39, 0.29) is 18.0 Å². The predicted molar refractivity (Wildman–Crippen MR) is 129 cm³/mol. The van der Waals surface area contributed by atoms with Crippen LogP contribution in [0.2, 0.25) is 0 Å². The van der Waals surface area contributed by atoms with Gasteiger partial charge in [-0.15, -0.1) is 0 Å². The third kappa shape index (κ3) is 13.7. The molecule has 1 atom stereocenters. The van der Waals surface area contributed by atoms with Gasteiger partial charge in [-0.2, -0.15) is 0 Å². The highest BCUT2D eigenvalue weighted by molar-refractivity contribution is 5.86. The van der Waals surface area contributed by atoms with E-state index in [1.165, 1.54) is 77.0 Å². The van der Waals surface area contributed by atoms with E-state index in [9.17, 15) is 9.59 Å². The second kappa shape index (κ2) is 16.4. The van der Waals surface area contributed by atoms with Crippen LogP contribution in [0.25, 0.3) is 0 Å². The first-order valence-corrected chi connectivity index (χ1v) is 13.1. The third-order valence-electron chi connectivity index (χ3n) is 6.01. The molecule has 31 heavy (non-hydrogen) atoms. The topological polar surface area (TPSA) is 58.6 Å². The molecule has 0 aromatic rings. The van der Waals surface area contributed by atoms with Crippen LogP contribution < -0.4 is 5.32 Å². The van der Waals surface area contributed by atoms with Gasteiger partial charge in [0, 0.05) is 13.1 Å². The van der Waals surface area contributed by atoms with Gasteiger partial charge in [-0.25, -0.2) is 4.79 Å². The van der Waals surface area contributed by atoms with Crippen LogP contribution in [0, 0.1) is 0 Å². The van der Waals surface area contributed by atoms with Gasteiger partial charge in [0.1, 0.15) is 11.6 Å². The minimum Gasteiger partial charge on any atom is -0.444 e. The Morgan fingerprint density at radius 3 is 1.81 bits per heavy atom. The summed E-state index contributed by atoms with van der Waals surface area (Å²) in [4.78, 5) is 26.4. The number of hydrogen-bond acceptors (Lipinski definition) is 3. The second-order valence-electron chi connectivity index (χ2n) is 10.2. The molecule has 2 amide bonds. The minimum absolute atomic E-state index is 0.0296. The van der Waals surface area contributed by atoms with Gasteiger partial charge in [0.15, 0.2) is 0 Å². The van der Waals surface area contributed by atoms with E-state index in [1.54, 1.807) is 4.90 Å². The lowest BCUT2D eigenvalue weighted by Crippen LogP contribution is -2.47. The van der Waals surface area contributed by atoms with E-state index in [1.807, 2.05) is 20.8 Å². The van der Waals surface area contributed by atoms with Gasteiger partial charge in [0.2, 0.25) is 5.91 Å². The number of carbonyl (C=O) groups excluding carboxylic acids is 2. The van der Waals surface area contributed by atoms with E-state index in [2.05, 4.69) is 12.2 Å². The van der Waals surface area contributed by atoms with Gasteiger partial charge < -0.3 is 10.1 Å². The lowest BCUT2D eigenvalue weighted by molar-refractivity contribution is -0.125. The number of rotatable bonds is 16. The van der Waals surface area contributed by atoms with Crippen LogP contribution in [-0.4, -0.2) is 41.6 Å². The summed E-state index contributed by atoms with van der Waals surface area (Å²) in [6, 6.07) is -0.374. The standard InChI is InChI=1S/C26H50N2O3/c1-5-6-7-8-9-10-11-12-13-14-15-16-17-18-21-27-24(29)23-20-19-22-28(23)25(30)31-26(2,3)4/h23H,5-22H2,1-4H3,(H,27,29). The summed E-state index contributed by atoms with van der Waals surface area (Å²) in [5.74, 6) is -0.0296. The first kappa shape index (κ1) is 27.8. The minimum atomic E-state index is -0.533. The Hall–Kier alpha value is -1.26. The molecular weight excluding hydrogens is 388 g/mol. The highest BCUT2D eigenvalue weighted by Gasteiger charge is 2.36. The number of unbranched alkanes of at least 4 members (excludes halogenated alkanes) is 13. The Kier molecular flexibility index (Phi) is 14.7. The molecule has 1 saturated heterocycles. The van der Waals surface area contributed by atoms with Crippen LogP contribution in [0.15, 0.2) is 0 Å². The quantitative estimate of drug-likeness (QED) is 0.264. The molecule has 1 aliphatic rings. The van der Waals surface area contributed by atoms with Crippen molar-refractivity contribution < 1.29 is 14.3 Å². The maximum Gasteiger partial charge on any atom is 0.410 e. The molecule has 1 heterocycles. The van der Waals surface area contributed by atoms with Crippen molar-refractivity contribution in [3.63, 3.8) is 0 Å². The number of ether oxygens (including phenoxy) is 1. The molecule has 0 aliphatic carbocycles. The molecule has 5 nitrogen and oxygen atoms in total. The molecule has 0 radical (unpaired) electrons. The number of carbonyl (C=O) groups is 2. The molecule has 182 valence electrons. The largest absolute Gasteiger partial charge is 0.444 e. The van der Waals surface area contributed by atoms with E-state index < -0.39 is 5.60 Å². The summed E-state index contributed by atoms with van der Waals surface area (Å²) < 4.78 is 5.44. The molecule has 0 aromatic heterocycles. The van der Waals surface area contributed by atoms with Crippen molar-refractivity contribution in [2.24, 2.45) is 0 Å². The van der Waals surface area contributed by atoms with Gasteiger partial charge in [0.05, 0.1) is 0 Å². The smallest absolute Gasteiger partial charge is 0.410 e. The summed E-state index contributed by atoms with van der Waals surface area (Å²) in [6.07, 6.45) is 19.8. The van der Waals surface area contributed by atoms with Crippen molar-refractivity contribution >= 4 is 12.0 Å². The molecular formula is C26H50N2O3. The fourth-order valence-electron chi connectivity index (χ4n) is 4.23. The van der Waals surface area contributed by atoms with Crippen LogP contribution in [-0.2, 0) is 9.53 Å². The van der Waals surface area contributed by atoms with Crippen molar-refractivity contribution in [3.05, 3.63) is 0 Å².